The number of carbonyl (C=O) groups is 2. The molecule has 6 nitrogen and oxygen atoms in total. The summed E-state index contributed by atoms with van der Waals surface area (Å²) in [4.78, 5) is 24.8. The van der Waals surface area contributed by atoms with Crippen LogP contribution in [-0.4, -0.2) is 16.8 Å². The molecule has 106 valence electrons. The van der Waals surface area contributed by atoms with Crippen molar-refractivity contribution in [2.45, 2.75) is 13.5 Å². The van der Waals surface area contributed by atoms with E-state index in [4.69, 9.17) is 11.5 Å². The van der Waals surface area contributed by atoms with Crippen molar-refractivity contribution in [2.75, 3.05) is 5.32 Å². The van der Waals surface area contributed by atoms with E-state index in [1.807, 2.05) is 30.3 Å². The largest absolute Gasteiger partial charge is 0.364 e. The van der Waals surface area contributed by atoms with E-state index in [1.54, 1.807) is 0 Å². The molecule has 0 unspecified atom stereocenters. The summed E-state index contributed by atoms with van der Waals surface area (Å²) in [6.07, 6.45) is 0. The van der Waals surface area contributed by atoms with Crippen molar-refractivity contribution in [1.29, 1.82) is 0 Å². The Bertz CT molecular complexity index is 569. The number of nitrogens with one attached hydrogen (secondary N) is 1. The van der Waals surface area contributed by atoms with Crippen molar-refractivity contribution < 1.29 is 9.59 Å². The second kappa shape index (κ2) is 8.03. The lowest BCUT2D eigenvalue weighted by Gasteiger charge is -1.92. The predicted molar refractivity (Wildman–Crippen MR) is 79.3 cm³/mol. The van der Waals surface area contributed by atoms with E-state index in [0.717, 1.165) is 11.3 Å². The molecule has 0 spiro atoms. The normalized spacial score (nSPS) is 9.30. The molecule has 0 aliphatic carbocycles. The molecule has 1 aromatic carbocycles. The first-order chi connectivity index (χ1) is 9.52. The Labute approximate surface area is 120 Å². The molecule has 0 bridgehead atoms. The van der Waals surface area contributed by atoms with Crippen molar-refractivity contribution >= 4 is 28.3 Å². The fraction of sp³-hybridized carbons (Fsp3) is 0.154. The Morgan fingerprint density at radius 1 is 1.30 bits per heavy atom. The molecule has 0 fully saturated rings. The molecule has 0 aliphatic heterocycles. The Morgan fingerprint density at radius 2 is 1.95 bits per heavy atom. The fourth-order valence-corrected chi connectivity index (χ4v) is 1.95. The van der Waals surface area contributed by atoms with E-state index in [1.165, 1.54) is 17.9 Å². The first-order valence-corrected chi connectivity index (χ1v) is 6.67. The number of thiazole rings is 1. The second-order valence-corrected chi connectivity index (χ2v) is 4.63. The minimum atomic E-state index is -0.595. The second-order valence-electron chi connectivity index (χ2n) is 3.77. The van der Waals surface area contributed by atoms with Crippen LogP contribution < -0.4 is 16.8 Å². The van der Waals surface area contributed by atoms with Gasteiger partial charge in [-0.1, -0.05) is 30.3 Å². The van der Waals surface area contributed by atoms with Gasteiger partial charge in [0.15, 0.2) is 5.13 Å². The maximum atomic E-state index is 10.6. The highest BCUT2D eigenvalue weighted by Crippen LogP contribution is 2.14. The molecule has 0 aliphatic rings. The minimum absolute atomic E-state index is 0.170. The average molecular weight is 292 g/mol. The van der Waals surface area contributed by atoms with E-state index in [9.17, 15) is 9.59 Å². The molecule has 2 rings (SSSR count). The van der Waals surface area contributed by atoms with Crippen LogP contribution in [0.1, 0.15) is 23.0 Å². The standard InChI is InChI=1S/C7H9N.C6H7N3O2S/c8-6-7-4-2-1-3-5-7;1-3(10)8-6-9-4(2-12-6)5(7)11/h1-5H,6,8H2;2H,1H3,(H2,7,11)(H,8,9,10). The smallest absolute Gasteiger partial charge is 0.268 e. The number of hydrogen-bond donors (Lipinski definition) is 3. The summed E-state index contributed by atoms with van der Waals surface area (Å²) >= 11 is 1.16. The summed E-state index contributed by atoms with van der Waals surface area (Å²) in [6.45, 7) is 2.01. The fourth-order valence-electron chi connectivity index (χ4n) is 1.21. The number of nitrogens with two attached hydrogens (primary N) is 2. The number of aromatic nitrogens is 1. The van der Waals surface area contributed by atoms with Gasteiger partial charge in [0.05, 0.1) is 0 Å². The van der Waals surface area contributed by atoms with E-state index in [2.05, 4.69) is 10.3 Å². The quantitative estimate of drug-likeness (QED) is 0.792. The summed E-state index contributed by atoms with van der Waals surface area (Å²) in [5.74, 6) is -0.816. The zero-order chi connectivity index (χ0) is 15.0. The summed E-state index contributed by atoms with van der Waals surface area (Å²) in [7, 11) is 0. The lowest BCUT2D eigenvalue weighted by molar-refractivity contribution is -0.114. The number of rotatable bonds is 3. The van der Waals surface area contributed by atoms with E-state index >= 15 is 0 Å². The van der Waals surface area contributed by atoms with Crippen LogP contribution in [-0.2, 0) is 11.3 Å². The monoisotopic (exact) mass is 292 g/mol. The first kappa shape index (κ1) is 15.8. The van der Waals surface area contributed by atoms with Crippen molar-refractivity contribution in [3.63, 3.8) is 0 Å². The summed E-state index contributed by atoms with van der Waals surface area (Å²) in [6, 6.07) is 9.99. The highest BCUT2D eigenvalue weighted by atomic mass is 32.1. The van der Waals surface area contributed by atoms with Gasteiger partial charge in [-0.15, -0.1) is 11.3 Å². The average Bonchev–Trinajstić information content (AvgIpc) is 2.88. The summed E-state index contributed by atoms with van der Waals surface area (Å²) in [5.41, 5.74) is 11.7. The molecular formula is C13H16N4O2S. The van der Waals surface area contributed by atoms with Gasteiger partial charge >= 0.3 is 0 Å². The van der Waals surface area contributed by atoms with Crippen LogP contribution >= 0.6 is 11.3 Å². The number of nitrogens with zero attached hydrogens (tertiary/aromatic N) is 1. The zero-order valence-electron chi connectivity index (χ0n) is 11.0. The third-order valence-electron chi connectivity index (χ3n) is 2.12. The third-order valence-corrected chi connectivity index (χ3v) is 2.88. The van der Waals surface area contributed by atoms with E-state index in [-0.39, 0.29) is 11.6 Å². The molecule has 0 radical (unpaired) electrons. The van der Waals surface area contributed by atoms with Crippen LogP contribution in [0.2, 0.25) is 0 Å². The maximum absolute atomic E-state index is 10.6. The molecule has 0 saturated heterocycles. The number of amides is 2. The van der Waals surface area contributed by atoms with Gasteiger partial charge in [-0.2, -0.15) is 0 Å². The van der Waals surface area contributed by atoms with Gasteiger partial charge in [-0.25, -0.2) is 4.98 Å². The minimum Gasteiger partial charge on any atom is -0.364 e. The van der Waals surface area contributed by atoms with Crippen LogP contribution in [0.15, 0.2) is 35.7 Å². The van der Waals surface area contributed by atoms with Gasteiger partial charge in [-0.3, -0.25) is 9.59 Å². The molecule has 1 heterocycles. The van der Waals surface area contributed by atoms with Crippen LogP contribution in [0.25, 0.3) is 0 Å². The molecule has 0 saturated carbocycles. The molecule has 2 amide bonds. The lowest BCUT2D eigenvalue weighted by atomic mass is 10.2. The van der Waals surface area contributed by atoms with Crippen LogP contribution in [0.5, 0.6) is 0 Å². The molecule has 2 aromatic rings. The van der Waals surface area contributed by atoms with Gasteiger partial charge in [0.25, 0.3) is 5.91 Å². The lowest BCUT2D eigenvalue weighted by Crippen LogP contribution is -2.12. The topological polar surface area (TPSA) is 111 Å². The number of primary amides is 1. The van der Waals surface area contributed by atoms with Crippen LogP contribution in [0.4, 0.5) is 5.13 Å². The van der Waals surface area contributed by atoms with Crippen molar-refractivity contribution in [1.82, 2.24) is 4.98 Å². The van der Waals surface area contributed by atoms with Crippen LogP contribution in [0, 0.1) is 0 Å². The van der Waals surface area contributed by atoms with Crippen molar-refractivity contribution in [3.05, 3.63) is 47.0 Å². The SMILES string of the molecule is CC(=O)Nc1nc(C(N)=O)cs1.NCc1ccccc1. The van der Waals surface area contributed by atoms with E-state index < -0.39 is 5.91 Å². The van der Waals surface area contributed by atoms with Crippen molar-refractivity contribution in [3.8, 4) is 0 Å². The van der Waals surface area contributed by atoms with Gasteiger partial charge in [0.1, 0.15) is 5.69 Å². The first-order valence-electron chi connectivity index (χ1n) is 5.80. The maximum Gasteiger partial charge on any atom is 0.268 e. The highest BCUT2D eigenvalue weighted by molar-refractivity contribution is 7.14. The number of carbonyl (C=O) groups excluding carboxylic acids is 2. The molecule has 20 heavy (non-hydrogen) atoms. The molecule has 0 atom stereocenters. The Kier molecular flexibility index (Phi) is 6.34. The summed E-state index contributed by atoms with van der Waals surface area (Å²) in [5, 5.41) is 4.32. The van der Waals surface area contributed by atoms with Crippen molar-refractivity contribution in [2.24, 2.45) is 11.5 Å². The number of hydrogen-bond acceptors (Lipinski definition) is 5. The molecule has 5 N–H and O–H groups in total. The number of benzene rings is 1. The Hall–Kier alpha value is -2.25. The van der Waals surface area contributed by atoms with Crippen LogP contribution in [0.3, 0.4) is 0 Å². The zero-order valence-corrected chi connectivity index (χ0v) is 11.8. The number of anilines is 1. The highest BCUT2D eigenvalue weighted by Gasteiger charge is 2.06. The van der Waals surface area contributed by atoms with Gasteiger partial charge < -0.3 is 16.8 Å². The molecule has 1 aromatic heterocycles. The van der Waals surface area contributed by atoms with Gasteiger partial charge in [0, 0.05) is 18.8 Å². The summed E-state index contributed by atoms with van der Waals surface area (Å²) < 4.78 is 0. The molecular weight excluding hydrogens is 276 g/mol. The van der Waals surface area contributed by atoms with Gasteiger partial charge in [0.2, 0.25) is 5.91 Å². The predicted octanol–water partition coefficient (Wildman–Crippen LogP) is 1.35. The Morgan fingerprint density at radius 3 is 2.35 bits per heavy atom. The van der Waals surface area contributed by atoms with E-state index in [0.29, 0.717) is 11.7 Å². The Balaban J connectivity index is 0.000000217. The third kappa shape index (κ3) is 5.59. The molecule has 7 heteroatoms. The van der Waals surface area contributed by atoms with Gasteiger partial charge in [-0.05, 0) is 5.56 Å².